The first kappa shape index (κ1) is 16.4. The van der Waals surface area contributed by atoms with Crippen LogP contribution in [0.1, 0.15) is 13.2 Å². The lowest BCUT2D eigenvalue weighted by Crippen LogP contribution is -2.40. The van der Waals surface area contributed by atoms with Gasteiger partial charge < -0.3 is 4.74 Å². The Bertz CT molecular complexity index is 616. The van der Waals surface area contributed by atoms with Gasteiger partial charge >= 0.3 is 0 Å². The molecule has 0 aliphatic heterocycles. The molecule has 0 fully saturated rings. The quantitative estimate of drug-likeness (QED) is 0.783. The van der Waals surface area contributed by atoms with Crippen molar-refractivity contribution in [3.8, 4) is 5.75 Å². The van der Waals surface area contributed by atoms with Crippen LogP contribution in [0.15, 0.2) is 36.9 Å². The van der Waals surface area contributed by atoms with Crippen LogP contribution in [0.5, 0.6) is 5.75 Å². The Kier molecular flexibility index (Phi) is 5.07. The lowest BCUT2D eigenvalue weighted by molar-refractivity contribution is -0.141. The molecule has 2 aromatic rings. The third-order valence-electron chi connectivity index (χ3n) is 3.18. The minimum atomic E-state index is -1.79. The molecular weight excluding hydrogens is 316 g/mol. The second-order valence-electron chi connectivity index (χ2n) is 5.03. The second-order valence-corrected chi connectivity index (χ2v) is 5.46. The Morgan fingerprint density at radius 1 is 1.27 bits per heavy atom. The molecule has 1 heterocycles. The number of ketones is 1. The largest absolute Gasteiger partial charge is 0.463 e. The fourth-order valence-electron chi connectivity index (χ4n) is 1.69. The number of rotatable bonds is 7. The molecule has 0 radical (unpaired) electrons. The Morgan fingerprint density at radius 3 is 2.32 bits per heavy atom. The van der Waals surface area contributed by atoms with E-state index in [0.717, 1.165) is 0 Å². The van der Waals surface area contributed by atoms with Gasteiger partial charge in [0.15, 0.2) is 0 Å². The van der Waals surface area contributed by atoms with Crippen molar-refractivity contribution in [3.05, 3.63) is 41.9 Å². The average Bonchev–Trinajstić information content (AvgIpc) is 3.07. The number of hydrogen-bond donors (Lipinski definition) is 0. The summed E-state index contributed by atoms with van der Waals surface area (Å²) in [5.74, 6) is -0.413. The van der Waals surface area contributed by atoms with Crippen LogP contribution in [0.25, 0.3) is 0 Å². The summed E-state index contributed by atoms with van der Waals surface area (Å²) >= 11 is 5.78. The van der Waals surface area contributed by atoms with Gasteiger partial charge in [-0.2, -0.15) is 0 Å². The molecule has 0 bridgehead atoms. The van der Waals surface area contributed by atoms with Gasteiger partial charge in [0.05, 0.1) is 5.41 Å². The molecule has 1 atom stereocenters. The van der Waals surface area contributed by atoms with Gasteiger partial charge in [-0.15, -0.1) is 10.2 Å². The third kappa shape index (κ3) is 3.41. The van der Waals surface area contributed by atoms with Crippen molar-refractivity contribution in [1.29, 1.82) is 0 Å². The van der Waals surface area contributed by atoms with E-state index in [1.54, 1.807) is 24.3 Å². The number of carbonyl (C=O) groups is 1. The van der Waals surface area contributed by atoms with E-state index in [1.165, 1.54) is 24.1 Å². The molecule has 1 aromatic carbocycles. The molecule has 0 aliphatic rings. The Labute approximate surface area is 130 Å². The Morgan fingerprint density at radius 2 is 1.82 bits per heavy atom. The highest BCUT2D eigenvalue weighted by molar-refractivity contribution is 6.30. The zero-order valence-electron chi connectivity index (χ0n) is 11.7. The monoisotopic (exact) mass is 329 g/mol. The number of alkyl halides is 2. The van der Waals surface area contributed by atoms with Gasteiger partial charge in [0, 0.05) is 5.02 Å². The minimum absolute atomic E-state index is 0.330. The number of Topliss-reactive ketones (excluding diaryl/α,β-unsaturated/α-hetero) is 1. The van der Waals surface area contributed by atoms with Gasteiger partial charge in [-0.25, -0.2) is 8.78 Å². The molecule has 0 saturated carbocycles. The van der Waals surface area contributed by atoms with Gasteiger partial charge in [-0.3, -0.25) is 9.36 Å². The van der Waals surface area contributed by atoms with Crippen LogP contribution < -0.4 is 4.74 Å². The average molecular weight is 330 g/mol. The molecule has 5 nitrogen and oxygen atoms in total. The number of nitrogens with zero attached hydrogens (tertiary/aromatic N) is 3. The zero-order valence-corrected chi connectivity index (χ0v) is 12.5. The molecule has 1 unspecified atom stereocenters. The molecule has 0 spiro atoms. The topological polar surface area (TPSA) is 57.0 Å². The molecule has 118 valence electrons. The first-order chi connectivity index (χ1) is 10.5. The van der Waals surface area contributed by atoms with Crippen LogP contribution in [0.2, 0.25) is 5.02 Å². The van der Waals surface area contributed by atoms with Crippen molar-refractivity contribution < 1.29 is 18.3 Å². The Hall–Kier alpha value is -2.02. The minimum Gasteiger partial charge on any atom is -0.463 e. The van der Waals surface area contributed by atoms with E-state index in [9.17, 15) is 13.6 Å². The van der Waals surface area contributed by atoms with E-state index in [4.69, 9.17) is 16.3 Å². The predicted octanol–water partition coefficient (Wildman–Crippen LogP) is 3.02. The van der Waals surface area contributed by atoms with E-state index in [1.807, 2.05) is 0 Å². The van der Waals surface area contributed by atoms with Crippen molar-refractivity contribution in [1.82, 2.24) is 14.8 Å². The highest BCUT2D eigenvalue weighted by Crippen LogP contribution is 2.29. The summed E-state index contributed by atoms with van der Waals surface area (Å²) in [6, 6.07) is 6.26. The fraction of sp³-hybridized carbons (Fsp3) is 0.357. The number of ether oxygens (including phenoxy) is 1. The van der Waals surface area contributed by atoms with Crippen LogP contribution in [0.3, 0.4) is 0 Å². The normalized spacial score (nSPS) is 12.9. The van der Waals surface area contributed by atoms with Crippen LogP contribution in [0, 0.1) is 5.41 Å². The third-order valence-corrected chi connectivity index (χ3v) is 3.43. The fourth-order valence-corrected chi connectivity index (χ4v) is 1.81. The zero-order chi connectivity index (χ0) is 16.2. The molecule has 1 aromatic heterocycles. The van der Waals surface area contributed by atoms with Gasteiger partial charge in [0.25, 0.3) is 0 Å². The predicted molar refractivity (Wildman–Crippen MR) is 76.2 cm³/mol. The number of carbonyl (C=O) groups excluding carboxylic acids is 1. The molecule has 2 rings (SSSR count). The van der Waals surface area contributed by atoms with E-state index < -0.39 is 30.8 Å². The molecule has 0 N–H and O–H groups in total. The molecule has 22 heavy (non-hydrogen) atoms. The summed E-state index contributed by atoms with van der Waals surface area (Å²) in [6.45, 7) is -1.06. The lowest BCUT2D eigenvalue weighted by Gasteiger charge is -2.27. The summed E-state index contributed by atoms with van der Waals surface area (Å²) in [5, 5.41) is 7.67. The summed E-state index contributed by atoms with van der Waals surface area (Å²) in [5.41, 5.74) is -1.79. The number of hydrogen-bond acceptors (Lipinski definition) is 4. The Balaban J connectivity index is 2.31. The summed E-state index contributed by atoms with van der Waals surface area (Å²) in [7, 11) is 0. The first-order valence-electron chi connectivity index (χ1n) is 6.43. The number of halogens is 3. The van der Waals surface area contributed by atoms with Crippen molar-refractivity contribution in [2.45, 2.75) is 13.2 Å². The summed E-state index contributed by atoms with van der Waals surface area (Å²) < 4.78 is 33.0. The molecule has 0 saturated heterocycles. The highest BCUT2D eigenvalue weighted by atomic mass is 35.5. The van der Waals surface area contributed by atoms with Crippen LogP contribution in [-0.4, -0.2) is 33.9 Å². The van der Waals surface area contributed by atoms with Gasteiger partial charge in [0.2, 0.25) is 12.0 Å². The van der Waals surface area contributed by atoms with E-state index in [-0.39, 0.29) is 0 Å². The van der Waals surface area contributed by atoms with Crippen LogP contribution >= 0.6 is 11.6 Å². The first-order valence-corrected chi connectivity index (χ1v) is 6.80. The standard InChI is InChI=1S/C14H14ClF2N3O2/c1-14(6-16,7-17)12(21)13(20-8-18-19-9-20)22-11-4-2-10(15)3-5-11/h2-5,8-9,13H,6-7H2,1H3. The van der Waals surface area contributed by atoms with Crippen molar-refractivity contribution in [2.24, 2.45) is 5.41 Å². The van der Waals surface area contributed by atoms with E-state index in [0.29, 0.717) is 10.8 Å². The van der Waals surface area contributed by atoms with Gasteiger partial charge in [0.1, 0.15) is 31.8 Å². The van der Waals surface area contributed by atoms with Crippen LogP contribution in [-0.2, 0) is 4.79 Å². The lowest BCUT2D eigenvalue weighted by atomic mass is 9.87. The highest BCUT2D eigenvalue weighted by Gasteiger charge is 2.40. The maximum Gasteiger partial charge on any atom is 0.238 e. The van der Waals surface area contributed by atoms with Crippen molar-refractivity contribution >= 4 is 17.4 Å². The summed E-state index contributed by atoms with van der Waals surface area (Å²) in [4.78, 5) is 12.5. The smallest absolute Gasteiger partial charge is 0.238 e. The molecule has 0 amide bonds. The van der Waals surface area contributed by atoms with Crippen molar-refractivity contribution in [3.63, 3.8) is 0 Å². The van der Waals surface area contributed by atoms with Crippen LogP contribution in [0.4, 0.5) is 8.78 Å². The maximum absolute atomic E-state index is 13.1. The molecule has 0 aliphatic carbocycles. The van der Waals surface area contributed by atoms with Crippen molar-refractivity contribution in [2.75, 3.05) is 13.3 Å². The van der Waals surface area contributed by atoms with Gasteiger partial charge in [-0.1, -0.05) is 11.6 Å². The SMILES string of the molecule is CC(CF)(CF)C(=O)C(Oc1ccc(Cl)cc1)n1cnnc1. The molecular formula is C14H14ClF2N3O2. The summed E-state index contributed by atoms with van der Waals surface area (Å²) in [6.07, 6.45) is 1.22. The second kappa shape index (κ2) is 6.83. The van der Waals surface area contributed by atoms with E-state index >= 15 is 0 Å². The molecule has 8 heteroatoms. The number of aromatic nitrogens is 3. The van der Waals surface area contributed by atoms with E-state index in [2.05, 4.69) is 10.2 Å². The number of benzene rings is 1. The maximum atomic E-state index is 13.1. The van der Waals surface area contributed by atoms with Gasteiger partial charge in [-0.05, 0) is 31.2 Å².